The van der Waals surface area contributed by atoms with Gasteiger partial charge in [-0.1, -0.05) is 5.21 Å². The highest BCUT2D eigenvalue weighted by molar-refractivity contribution is 5.04. The zero-order valence-corrected chi connectivity index (χ0v) is 11.8. The molecule has 0 N–H and O–H groups in total. The Hall–Kier alpha value is -1.65. The zero-order chi connectivity index (χ0) is 13.4. The Balaban J connectivity index is 2.17. The molecule has 98 valence electrons. The van der Waals surface area contributed by atoms with Crippen LogP contribution in [0.2, 0.25) is 0 Å². The van der Waals surface area contributed by atoms with Gasteiger partial charge in [0.25, 0.3) is 0 Å². The van der Waals surface area contributed by atoms with Crippen LogP contribution in [0.3, 0.4) is 0 Å². The average molecular weight is 247 g/mol. The molecule has 2 heterocycles. The van der Waals surface area contributed by atoms with Crippen LogP contribution in [0, 0.1) is 0 Å². The van der Waals surface area contributed by atoms with Gasteiger partial charge in [-0.3, -0.25) is 4.68 Å². The van der Waals surface area contributed by atoms with Crippen LogP contribution in [0.4, 0.5) is 0 Å². The predicted octanol–water partition coefficient (Wildman–Crippen LogP) is 2.21. The first-order valence-corrected chi connectivity index (χ1v) is 6.21. The summed E-state index contributed by atoms with van der Waals surface area (Å²) >= 11 is 0. The first-order chi connectivity index (χ1) is 8.29. The Morgan fingerprint density at radius 1 is 1.06 bits per heavy atom. The van der Waals surface area contributed by atoms with E-state index >= 15 is 0 Å². The van der Waals surface area contributed by atoms with Crippen molar-refractivity contribution in [1.29, 1.82) is 0 Å². The second kappa shape index (κ2) is 4.23. The molecule has 2 aromatic rings. The van der Waals surface area contributed by atoms with Crippen LogP contribution in [-0.4, -0.2) is 24.8 Å². The normalized spacial score (nSPS) is 12.9. The van der Waals surface area contributed by atoms with Crippen molar-refractivity contribution in [2.45, 2.75) is 52.1 Å². The second-order valence-corrected chi connectivity index (χ2v) is 6.26. The van der Waals surface area contributed by atoms with E-state index in [0.717, 1.165) is 12.1 Å². The standard InChI is InChI=1S/C13H21N5/c1-12(2,3)17-8-6-11(15-17)10-13(4,5)18-9-7-14-16-18/h6-9H,10H2,1-5H3. The quantitative estimate of drug-likeness (QED) is 0.835. The van der Waals surface area contributed by atoms with Crippen molar-refractivity contribution in [3.63, 3.8) is 0 Å². The monoisotopic (exact) mass is 247 g/mol. The minimum absolute atomic E-state index is 0.0235. The third-order valence-corrected chi connectivity index (χ3v) is 2.99. The first-order valence-electron chi connectivity index (χ1n) is 6.21. The van der Waals surface area contributed by atoms with Crippen molar-refractivity contribution in [3.8, 4) is 0 Å². The van der Waals surface area contributed by atoms with Crippen molar-refractivity contribution in [3.05, 3.63) is 30.4 Å². The van der Waals surface area contributed by atoms with E-state index in [1.807, 2.05) is 21.8 Å². The van der Waals surface area contributed by atoms with E-state index < -0.39 is 0 Å². The van der Waals surface area contributed by atoms with Crippen LogP contribution in [0.25, 0.3) is 0 Å². The van der Waals surface area contributed by atoms with E-state index in [0.29, 0.717) is 0 Å². The maximum absolute atomic E-state index is 4.63. The summed E-state index contributed by atoms with van der Waals surface area (Å²) < 4.78 is 3.88. The zero-order valence-electron chi connectivity index (χ0n) is 11.8. The van der Waals surface area contributed by atoms with Gasteiger partial charge in [0.1, 0.15) is 0 Å². The molecule has 0 unspecified atom stereocenters. The molecule has 18 heavy (non-hydrogen) atoms. The van der Waals surface area contributed by atoms with Gasteiger partial charge >= 0.3 is 0 Å². The lowest BCUT2D eigenvalue weighted by Crippen LogP contribution is -2.30. The highest BCUT2D eigenvalue weighted by Crippen LogP contribution is 2.20. The van der Waals surface area contributed by atoms with E-state index in [4.69, 9.17) is 0 Å². The lowest BCUT2D eigenvalue weighted by atomic mass is 9.99. The smallest absolute Gasteiger partial charge is 0.0693 e. The summed E-state index contributed by atoms with van der Waals surface area (Å²) in [6.07, 6.45) is 6.46. The minimum Gasteiger partial charge on any atom is -0.267 e. The fourth-order valence-electron chi connectivity index (χ4n) is 1.88. The fraction of sp³-hybridized carbons (Fsp3) is 0.615. The molecule has 0 atom stereocenters. The molecule has 5 nitrogen and oxygen atoms in total. The van der Waals surface area contributed by atoms with Crippen molar-refractivity contribution < 1.29 is 0 Å². The molecule has 0 aliphatic carbocycles. The van der Waals surface area contributed by atoms with E-state index in [2.05, 4.69) is 56.1 Å². The van der Waals surface area contributed by atoms with Crippen molar-refractivity contribution >= 4 is 0 Å². The van der Waals surface area contributed by atoms with Crippen LogP contribution >= 0.6 is 0 Å². The summed E-state index contributed by atoms with van der Waals surface area (Å²) in [7, 11) is 0. The number of nitrogens with zero attached hydrogens (tertiary/aromatic N) is 5. The Morgan fingerprint density at radius 2 is 1.78 bits per heavy atom. The molecule has 2 aromatic heterocycles. The summed E-state index contributed by atoms with van der Waals surface area (Å²) in [5.74, 6) is 0. The molecule has 0 aliphatic heterocycles. The van der Waals surface area contributed by atoms with Gasteiger partial charge in [0.2, 0.25) is 0 Å². The highest BCUT2D eigenvalue weighted by Gasteiger charge is 2.23. The number of hydrogen-bond donors (Lipinski definition) is 0. The van der Waals surface area contributed by atoms with E-state index in [9.17, 15) is 0 Å². The summed E-state index contributed by atoms with van der Waals surface area (Å²) in [6, 6.07) is 2.07. The van der Waals surface area contributed by atoms with E-state index in [-0.39, 0.29) is 11.1 Å². The molecule has 0 bridgehead atoms. The van der Waals surface area contributed by atoms with Crippen LogP contribution in [0.1, 0.15) is 40.3 Å². The van der Waals surface area contributed by atoms with Gasteiger partial charge in [-0.2, -0.15) is 5.10 Å². The maximum Gasteiger partial charge on any atom is 0.0693 e. The summed E-state index contributed by atoms with van der Waals surface area (Å²) in [5, 5.41) is 12.6. The summed E-state index contributed by atoms with van der Waals surface area (Å²) in [6.45, 7) is 10.7. The molecule has 0 fully saturated rings. The molecule has 0 spiro atoms. The number of rotatable bonds is 3. The van der Waals surface area contributed by atoms with E-state index in [1.54, 1.807) is 6.20 Å². The lowest BCUT2D eigenvalue weighted by Gasteiger charge is -2.24. The van der Waals surface area contributed by atoms with Gasteiger partial charge < -0.3 is 0 Å². The number of aromatic nitrogens is 5. The van der Waals surface area contributed by atoms with Crippen molar-refractivity contribution in [2.24, 2.45) is 0 Å². The Kier molecular flexibility index (Phi) is 3.00. The van der Waals surface area contributed by atoms with Crippen molar-refractivity contribution in [2.75, 3.05) is 0 Å². The van der Waals surface area contributed by atoms with Crippen LogP contribution in [-0.2, 0) is 17.5 Å². The van der Waals surface area contributed by atoms with Gasteiger partial charge in [0.15, 0.2) is 0 Å². The number of hydrogen-bond acceptors (Lipinski definition) is 3. The molecule has 0 saturated heterocycles. The average Bonchev–Trinajstić information content (AvgIpc) is 2.83. The van der Waals surface area contributed by atoms with Crippen LogP contribution < -0.4 is 0 Å². The van der Waals surface area contributed by atoms with Gasteiger partial charge in [0, 0.05) is 18.8 Å². The van der Waals surface area contributed by atoms with Gasteiger partial charge in [0.05, 0.1) is 23.0 Å². The van der Waals surface area contributed by atoms with Gasteiger partial charge in [-0.15, -0.1) is 5.10 Å². The molecule has 5 heteroatoms. The third kappa shape index (κ3) is 2.60. The second-order valence-electron chi connectivity index (χ2n) is 6.26. The maximum atomic E-state index is 4.63. The molecule has 2 rings (SSSR count). The molecule has 0 amide bonds. The SMILES string of the molecule is CC(C)(C)n1ccc(CC(C)(C)n2ccnn2)n1. The van der Waals surface area contributed by atoms with Crippen LogP contribution in [0.15, 0.2) is 24.7 Å². The van der Waals surface area contributed by atoms with Gasteiger partial charge in [-0.25, -0.2) is 4.68 Å². The topological polar surface area (TPSA) is 48.5 Å². The Labute approximate surface area is 108 Å². The minimum atomic E-state index is -0.117. The van der Waals surface area contributed by atoms with Gasteiger partial charge in [-0.05, 0) is 40.7 Å². The largest absolute Gasteiger partial charge is 0.267 e. The lowest BCUT2D eigenvalue weighted by molar-refractivity contribution is 0.300. The molecular weight excluding hydrogens is 226 g/mol. The predicted molar refractivity (Wildman–Crippen MR) is 70.3 cm³/mol. The Bertz CT molecular complexity index is 502. The molecule has 0 radical (unpaired) electrons. The molecule has 0 aromatic carbocycles. The molecule has 0 saturated carbocycles. The highest BCUT2D eigenvalue weighted by atomic mass is 15.4. The Morgan fingerprint density at radius 3 is 2.28 bits per heavy atom. The third-order valence-electron chi connectivity index (χ3n) is 2.99. The first kappa shape index (κ1) is 12.8. The summed E-state index contributed by atoms with van der Waals surface area (Å²) in [4.78, 5) is 0. The summed E-state index contributed by atoms with van der Waals surface area (Å²) in [5.41, 5.74) is 0.980. The fourth-order valence-corrected chi connectivity index (χ4v) is 1.88. The van der Waals surface area contributed by atoms with Crippen molar-refractivity contribution in [1.82, 2.24) is 24.8 Å². The van der Waals surface area contributed by atoms with Crippen LogP contribution in [0.5, 0.6) is 0 Å². The molecule has 0 aliphatic rings. The molecular formula is C13H21N5. The van der Waals surface area contributed by atoms with E-state index in [1.165, 1.54) is 0 Å².